The highest BCUT2D eigenvalue weighted by molar-refractivity contribution is 5.94. The van der Waals surface area contributed by atoms with Crippen LogP contribution in [-0.4, -0.2) is 19.1 Å². The van der Waals surface area contributed by atoms with Crippen molar-refractivity contribution in [3.8, 4) is 5.75 Å². The summed E-state index contributed by atoms with van der Waals surface area (Å²) in [6.45, 7) is 3.23. The summed E-state index contributed by atoms with van der Waals surface area (Å²) in [6.07, 6.45) is 1.62. The van der Waals surface area contributed by atoms with Crippen molar-refractivity contribution in [1.29, 1.82) is 0 Å². The van der Waals surface area contributed by atoms with Crippen molar-refractivity contribution >= 4 is 5.91 Å². The van der Waals surface area contributed by atoms with E-state index >= 15 is 0 Å². The number of amides is 1. The van der Waals surface area contributed by atoms with Gasteiger partial charge in [0, 0.05) is 12.1 Å². The standard InChI is InChI=1S/C18H20FNO2/c1-2-13-22-17-9-5-15(6-10-17)18(21)20-12-11-14-3-7-16(19)8-4-14/h3-10H,2,11-13H2,1H3,(H,20,21). The van der Waals surface area contributed by atoms with Crippen LogP contribution in [-0.2, 0) is 6.42 Å². The number of halogens is 1. The molecule has 0 bridgehead atoms. The van der Waals surface area contributed by atoms with Gasteiger partial charge in [-0.25, -0.2) is 4.39 Å². The Morgan fingerprint density at radius 1 is 1.09 bits per heavy atom. The summed E-state index contributed by atoms with van der Waals surface area (Å²) in [6, 6.07) is 13.4. The second-order valence-corrected chi connectivity index (χ2v) is 5.01. The van der Waals surface area contributed by atoms with Crippen LogP contribution in [0.1, 0.15) is 29.3 Å². The van der Waals surface area contributed by atoms with E-state index in [-0.39, 0.29) is 11.7 Å². The molecule has 1 amide bonds. The summed E-state index contributed by atoms with van der Waals surface area (Å²) < 4.78 is 18.3. The fourth-order valence-electron chi connectivity index (χ4n) is 2.00. The van der Waals surface area contributed by atoms with Crippen molar-refractivity contribution in [2.24, 2.45) is 0 Å². The fourth-order valence-corrected chi connectivity index (χ4v) is 2.00. The number of ether oxygens (including phenoxy) is 1. The van der Waals surface area contributed by atoms with Gasteiger partial charge in [-0.3, -0.25) is 4.79 Å². The summed E-state index contributed by atoms with van der Waals surface area (Å²) in [5.41, 5.74) is 1.59. The minimum absolute atomic E-state index is 0.121. The van der Waals surface area contributed by atoms with E-state index in [0.717, 1.165) is 17.7 Å². The molecule has 4 heteroatoms. The van der Waals surface area contributed by atoms with Gasteiger partial charge in [0.25, 0.3) is 5.91 Å². The zero-order valence-corrected chi connectivity index (χ0v) is 12.6. The van der Waals surface area contributed by atoms with Gasteiger partial charge in [-0.1, -0.05) is 19.1 Å². The summed E-state index contributed by atoms with van der Waals surface area (Å²) in [5.74, 6) is 0.395. The van der Waals surface area contributed by atoms with E-state index in [9.17, 15) is 9.18 Å². The van der Waals surface area contributed by atoms with E-state index < -0.39 is 0 Å². The molecule has 0 aliphatic heterocycles. The molecule has 22 heavy (non-hydrogen) atoms. The molecule has 0 heterocycles. The highest BCUT2D eigenvalue weighted by Crippen LogP contribution is 2.12. The lowest BCUT2D eigenvalue weighted by Crippen LogP contribution is -2.25. The third kappa shape index (κ3) is 4.88. The molecular weight excluding hydrogens is 281 g/mol. The molecule has 0 aromatic heterocycles. The third-order valence-electron chi connectivity index (χ3n) is 3.20. The maximum atomic E-state index is 12.8. The van der Waals surface area contributed by atoms with Crippen LogP contribution in [0.15, 0.2) is 48.5 Å². The van der Waals surface area contributed by atoms with E-state index in [1.807, 2.05) is 6.92 Å². The first-order chi connectivity index (χ1) is 10.7. The highest BCUT2D eigenvalue weighted by Gasteiger charge is 2.05. The Bertz CT molecular complexity index is 593. The number of hydrogen-bond donors (Lipinski definition) is 1. The van der Waals surface area contributed by atoms with Gasteiger partial charge in [0.05, 0.1) is 6.61 Å². The molecule has 0 radical (unpaired) electrons. The van der Waals surface area contributed by atoms with E-state index in [1.165, 1.54) is 12.1 Å². The molecule has 0 saturated carbocycles. The molecule has 2 aromatic rings. The van der Waals surface area contributed by atoms with E-state index in [4.69, 9.17) is 4.74 Å². The van der Waals surface area contributed by atoms with Gasteiger partial charge in [-0.15, -0.1) is 0 Å². The Morgan fingerprint density at radius 2 is 1.77 bits per heavy atom. The lowest BCUT2D eigenvalue weighted by atomic mass is 10.1. The number of benzene rings is 2. The van der Waals surface area contributed by atoms with Crippen molar-refractivity contribution in [3.63, 3.8) is 0 Å². The van der Waals surface area contributed by atoms with Crippen molar-refractivity contribution in [2.45, 2.75) is 19.8 Å². The first-order valence-corrected chi connectivity index (χ1v) is 7.44. The van der Waals surface area contributed by atoms with Crippen molar-refractivity contribution in [3.05, 3.63) is 65.5 Å². The third-order valence-corrected chi connectivity index (χ3v) is 3.20. The first kappa shape index (κ1) is 16.0. The summed E-state index contributed by atoms with van der Waals surface area (Å²) in [5, 5.41) is 2.85. The van der Waals surface area contributed by atoms with Gasteiger partial charge >= 0.3 is 0 Å². The average molecular weight is 301 g/mol. The van der Waals surface area contributed by atoms with Crippen LogP contribution >= 0.6 is 0 Å². The predicted molar refractivity (Wildman–Crippen MR) is 84.7 cm³/mol. The van der Waals surface area contributed by atoms with Gasteiger partial charge in [0.1, 0.15) is 11.6 Å². The quantitative estimate of drug-likeness (QED) is 0.849. The smallest absolute Gasteiger partial charge is 0.251 e. The Labute approximate surface area is 130 Å². The number of carbonyl (C=O) groups excluding carboxylic acids is 1. The van der Waals surface area contributed by atoms with Crippen LogP contribution in [0.2, 0.25) is 0 Å². The van der Waals surface area contributed by atoms with Gasteiger partial charge in [-0.05, 0) is 54.8 Å². The Hall–Kier alpha value is -2.36. The number of rotatable bonds is 7. The maximum absolute atomic E-state index is 12.8. The fraction of sp³-hybridized carbons (Fsp3) is 0.278. The van der Waals surface area contributed by atoms with Crippen molar-refractivity contribution in [1.82, 2.24) is 5.32 Å². The SMILES string of the molecule is CCCOc1ccc(C(=O)NCCc2ccc(F)cc2)cc1. The summed E-state index contributed by atoms with van der Waals surface area (Å²) in [7, 11) is 0. The molecule has 0 atom stereocenters. The van der Waals surface area contributed by atoms with Crippen LogP contribution in [0, 0.1) is 5.82 Å². The van der Waals surface area contributed by atoms with Crippen LogP contribution in [0.5, 0.6) is 5.75 Å². The van der Waals surface area contributed by atoms with Gasteiger partial charge in [0.2, 0.25) is 0 Å². The van der Waals surface area contributed by atoms with Gasteiger partial charge in [-0.2, -0.15) is 0 Å². The first-order valence-electron chi connectivity index (χ1n) is 7.44. The highest BCUT2D eigenvalue weighted by atomic mass is 19.1. The maximum Gasteiger partial charge on any atom is 0.251 e. The monoisotopic (exact) mass is 301 g/mol. The molecule has 0 aliphatic rings. The average Bonchev–Trinajstić information content (AvgIpc) is 2.55. The van der Waals surface area contributed by atoms with Gasteiger partial charge in [0.15, 0.2) is 0 Å². The van der Waals surface area contributed by atoms with Crippen LogP contribution < -0.4 is 10.1 Å². The van der Waals surface area contributed by atoms with Crippen molar-refractivity contribution < 1.29 is 13.9 Å². The predicted octanol–water partition coefficient (Wildman–Crippen LogP) is 3.59. The summed E-state index contributed by atoms with van der Waals surface area (Å²) in [4.78, 5) is 12.0. The van der Waals surface area contributed by atoms with Crippen LogP contribution in [0.4, 0.5) is 4.39 Å². The second kappa shape index (κ2) is 8.17. The zero-order valence-electron chi connectivity index (χ0n) is 12.6. The topological polar surface area (TPSA) is 38.3 Å². The Kier molecular flexibility index (Phi) is 5.95. The molecule has 2 aromatic carbocycles. The molecule has 0 unspecified atom stereocenters. The van der Waals surface area contributed by atoms with E-state index in [1.54, 1.807) is 36.4 Å². The number of carbonyl (C=O) groups is 1. The molecule has 0 aliphatic carbocycles. The Morgan fingerprint density at radius 3 is 2.41 bits per heavy atom. The molecular formula is C18H20FNO2. The summed E-state index contributed by atoms with van der Waals surface area (Å²) >= 11 is 0. The minimum Gasteiger partial charge on any atom is -0.494 e. The normalized spacial score (nSPS) is 10.3. The molecule has 3 nitrogen and oxygen atoms in total. The molecule has 1 N–H and O–H groups in total. The molecule has 0 fully saturated rings. The molecule has 0 saturated heterocycles. The second-order valence-electron chi connectivity index (χ2n) is 5.01. The number of nitrogens with one attached hydrogen (secondary N) is 1. The lowest BCUT2D eigenvalue weighted by Gasteiger charge is -2.07. The Balaban J connectivity index is 1.80. The van der Waals surface area contributed by atoms with E-state index in [2.05, 4.69) is 5.32 Å². The van der Waals surface area contributed by atoms with E-state index in [0.29, 0.717) is 25.1 Å². The zero-order chi connectivity index (χ0) is 15.8. The van der Waals surface area contributed by atoms with Crippen LogP contribution in [0.3, 0.4) is 0 Å². The van der Waals surface area contributed by atoms with Crippen molar-refractivity contribution in [2.75, 3.05) is 13.2 Å². The number of hydrogen-bond acceptors (Lipinski definition) is 2. The largest absolute Gasteiger partial charge is 0.494 e. The lowest BCUT2D eigenvalue weighted by molar-refractivity contribution is 0.0954. The molecule has 116 valence electrons. The minimum atomic E-state index is -0.252. The molecule has 0 spiro atoms. The molecule has 2 rings (SSSR count). The van der Waals surface area contributed by atoms with Crippen LogP contribution in [0.25, 0.3) is 0 Å². The van der Waals surface area contributed by atoms with Gasteiger partial charge < -0.3 is 10.1 Å².